The maximum atomic E-state index is 14.9. The number of carbonyl (C=O) groups excluding carboxylic acids is 1. The van der Waals surface area contributed by atoms with Crippen LogP contribution in [0.5, 0.6) is 0 Å². The number of aliphatic hydroxyl groups is 2. The molecule has 1 amide bonds. The predicted octanol–water partition coefficient (Wildman–Crippen LogP) is 2.84. The van der Waals surface area contributed by atoms with E-state index in [2.05, 4.69) is 15.3 Å². The fourth-order valence-electron chi connectivity index (χ4n) is 2.20. The normalized spacial score (nSPS) is 12.1. The van der Waals surface area contributed by atoms with Crippen LogP contribution in [0.4, 0.5) is 24.5 Å². The first kappa shape index (κ1) is 24.8. The second-order valence-electron chi connectivity index (χ2n) is 6.10. The molecule has 8 nitrogen and oxygen atoms in total. The number of rotatable bonds is 10. The Balaban J connectivity index is 2.48. The molecule has 168 valence electrons. The second-order valence-corrected chi connectivity index (χ2v) is 7.34. The first-order valence-corrected chi connectivity index (χ1v) is 9.93. The number of nitrogens with one attached hydrogen (secondary N) is 2. The molecule has 2 aromatic rings. The van der Waals surface area contributed by atoms with Crippen LogP contribution in [0, 0.1) is 21.0 Å². The summed E-state index contributed by atoms with van der Waals surface area (Å²) >= 11 is 1.88. The molecular weight excluding hydrogens is 534 g/mol. The van der Waals surface area contributed by atoms with Gasteiger partial charge in [0.2, 0.25) is 0 Å². The summed E-state index contributed by atoms with van der Waals surface area (Å²) in [6.45, 7) is 0.540. The van der Waals surface area contributed by atoms with E-state index in [1.807, 2.05) is 28.1 Å². The Labute approximate surface area is 189 Å². The van der Waals surface area contributed by atoms with Crippen molar-refractivity contribution < 1.29 is 37.9 Å². The maximum Gasteiger partial charge on any atom is 0.277 e. The molecule has 0 aliphatic heterocycles. The molecule has 2 aromatic carbocycles. The van der Waals surface area contributed by atoms with Gasteiger partial charge in [-0.15, -0.1) is 0 Å². The summed E-state index contributed by atoms with van der Waals surface area (Å²) in [7, 11) is 0. The first-order valence-electron chi connectivity index (χ1n) is 8.85. The monoisotopic (exact) mass is 553 g/mol. The molecule has 0 aromatic heterocycles. The van der Waals surface area contributed by atoms with Crippen LogP contribution in [0.2, 0.25) is 0 Å². The number of halogens is 4. The number of aliphatic hydroxyl groups excluding tert-OH is 2. The van der Waals surface area contributed by atoms with Crippen molar-refractivity contribution in [1.29, 1.82) is 0 Å². The Hall–Kier alpha value is -2.42. The Bertz CT molecular complexity index is 962. The van der Waals surface area contributed by atoms with Crippen molar-refractivity contribution in [3.8, 4) is 0 Å². The summed E-state index contributed by atoms with van der Waals surface area (Å²) in [6, 6.07) is 4.96. The van der Waals surface area contributed by atoms with Crippen molar-refractivity contribution in [3.05, 3.63) is 56.4 Å². The van der Waals surface area contributed by atoms with Crippen LogP contribution in [-0.2, 0) is 9.68 Å². The fourth-order valence-corrected chi connectivity index (χ4v) is 2.65. The van der Waals surface area contributed by atoms with E-state index in [1.165, 1.54) is 25.1 Å². The van der Waals surface area contributed by atoms with Crippen LogP contribution in [-0.4, -0.2) is 48.3 Å². The number of oxime groups is 1. The van der Waals surface area contributed by atoms with Crippen LogP contribution in [0.3, 0.4) is 0 Å². The minimum atomic E-state index is -1.47. The molecule has 0 aliphatic rings. The van der Waals surface area contributed by atoms with Gasteiger partial charge < -0.3 is 20.4 Å². The van der Waals surface area contributed by atoms with Gasteiger partial charge in [-0.25, -0.2) is 18.7 Å². The minimum absolute atomic E-state index is 0.174. The molecule has 2 rings (SSSR count). The minimum Gasteiger partial charge on any atom is -0.394 e. The lowest BCUT2D eigenvalue weighted by Gasteiger charge is -2.16. The lowest BCUT2D eigenvalue weighted by Crippen LogP contribution is -2.30. The number of carbonyl (C=O) groups is 1. The van der Waals surface area contributed by atoms with Gasteiger partial charge >= 0.3 is 0 Å². The third-order valence-electron chi connectivity index (χ3n) is 3.73. The highest BCUT2D eigenvalue weighted by Gasteiger charge is 2.24. The first-order chi connectivity index (χ1) is 14.8. The van der Waals surface area contributed by atoms with Crippen molar-refractivity contribution in [2.75, 3.05) is 25.1 Å². The lowest BCUT2D eigenvalue weighted by molar-refractivity contribution is -0.0304. The van der Waals surface area contributed by atoms with Gasteiger partial charge in [-0.05, 0) is 53.8 Å². The summed E-state index contributed by atoms with van der Waals surface area (Å²) in [5.74, 6) is -4.57. The predicted molar refractivity (Wildman–Crippen MR) is 114 cm³/mol. The number of benzene rings is 2. The van der Waals surface area contributed by atoms with Crippen molar-refractivity contribution in [2.24, 2.45) is 5.16 Å². The number of amides is 1. The van der Waals surface area contributed by atoms with Crippen molar-refractivity contribution >= 4 is 46.1 Å². The van der Waals surface area contributed by atoms with Gasteiger partial charge in [-0.3, -0.25) is 9.63 Å². The average Bonchev–Trinajstić information content (AvgIpc) is 2.75. The molecule has 0 spiro atoms. The molecule has 0 bridgehead atoms. The van der Waals surface area contributed by atoms with Crippen LogP contribution in [0.15, 0.2) is 29.4 Å². The summed E-state index contributed by atoms with van der Waals surface area (Å²) in [6.07, 6.45) is 0.0457. The highest BCUT2D eigenvalue weighted by Crippen LogP contribution is 2.30. The third kappa shape index (κ3) is 6.78. The molecule has 0 heterocycles. The second kappa shape index (κ2) is 11.8. The third-order valence-corrected chi connectivity index (χ3v) is 4.40. The van der Waals surface area contributed by atoms with Gasteiger partial charge in [-0.2, -0.15) is 0 Å². The van der Waals surface area contributed by atoms with Crippen LogP contribution < -0.4 is 10.8 Å². The van der Waals surface area contributed by atoms with Crippen molar-refractivity contribution in [3.63, 3.8) is 0 Å². The quantitative estimate of drug-likeness (QED) is 0.156. The van der Waals surface area contributed by atoms with Crippen molar-refractivity contribution in [2.45, 2.75) is 13.0 Å². The number of hydrogen-bond donors (Lipinski definition) is 4. The van der Waals surface area contributed by atoms with Gasteiger partial charge in [0.1, 0.15) is 18.5 Å². The SMILES string of the molecule is CC(CO)ONC(=O)c1cc(C=NOCCO)c(F)c(F)c1Nc1ccc(I)cc1F. The van der Waals surface area contributed by atoms with Crippen LogP contribution in [0.1, 0.15) is 22.8 Å². The van der Waals surface area contributed by atoms with Crippen LogP contribution >= 0.6 is 22.6 Å². The zero-order valence-electron chi connectivity index (χ0n) is 16.2. The Morgan fingerprint density at radius 1 is 1.26 bits per heavy atom. The molecular formula is C19H19F3IN3O5. The topological polar surface area (TPSA) is 112 Å². The molecule has 0 saturated heterocycles. The molecule has 0 aliphatic carbocycles. The molecule has 4 N–H and O–H groups in total. The molecule has 0 radical (unpaired) electrons. The molecule has 0 fully saturated rings. The largest absolute Gasteiger partial charge is 0.394 e. The fraction of sp³-hybridized carbons (Fsp3) is 0.263. The number of hydrogen-bond acceptors (Lipinski definition) is 7. The van der Waals surface area contributed by atoms with E-state index in [-0.39, 0.29) is 18.9 Å². The highest BCUT2D eigenvalue weighted by atomic mass is 127. The van der Waals surface area contributed by atoms with Gasteiger partial charge in [0, 0.05) is 9.13 Å². The van der Waals surface area contributed by atoms with Gasteiger partial charge in [0.05, 0.1) is 36.4 Å². The molecule has 1 unspecified atom stereocenters. The Morgan fingerprint density at radius 3 is 2.65 bits per heavy atom. The van der Waals surface area contributed by atoms with Crippen molar-refractivity contribution in [1.82, 2.24) is 5.48 Å². The molecule has 31 heavy (non-hydrogen) atoms. The van der Waals surface area contributed by atoms with E-state index in [1.54, 1.807) is 0 Å². The zero-order chi connectivity index (χ0) is 23.0. The number of hydroxylamine groups is 1. The summed E-state index contributed by atoms with van der Waals surface area (Å²) in [4.78, 5) is 22.1. The summed E-state index contributed by atoms with van der Waals surface area (Å²) < 4.78 is 44.2. The van der Waals surface area contributed by atoms with Gasteiger partial charge in [0.25, 0.3) is 5.91 Å². The number of nitrogens with zero attached hydrogens (tertiary/aromatic N) is 1. The molecule has 12 heteroatoms. The molecule has 0 saturated carbocycles. The van der Waals surface area contributed by atoms with Gasteiger partial charge in [-0.1, -0.05) is 5.16 Å². The summed E-state index contributed by atoms with van der Waals surface area (Å²) in [5, 5.41) is 23.4. The van der Waals surface area contributed by atoms with Gasteiger partial charge in [0.15, 0.2) is 11.6 Å². The number of anilines is 2. The Kier molecular flexibility index (Phi) is 9.48. The Morgan fingerprint density at radius 2 is 2.00 bits per heavy atom. The van der Waals surface area contributed by atoms with E-state index >= 15 is 0 Å². The van der Waals surface area contributed by atoms with E-state index < -0.39 is 52.9 Å². The zero-order valence-corrected chi connectivity index (χ0v) is 18.3. The molecule has 1 atom stereocenters. The smallest absolute Gasteiger partial charge is 0.277 e. The van der Waals surface area contributed by atoms with E-state index in [0.717, 1.165) is 12.3 Å². The van der Waals surface area contributed by atoms with E-state index in [9.17, 15) is 18.0 Å². The van der Waals surface area contributed by atoms with E-state index in [4.69, 9.17) is 15.1 Å². The lowest BCUT2D eigenvalue weighted by atomic mass is 10.1. The van der Waals surface area contributed by atoms with E-state index in [0.29, 0.717) is 3.57 Å². The maximum absolute atomic E-state index is 14.9. The highest BCUT2D eigenvalue weighted by molar-refractivity contribution is 14.1. The van der Waals surface area contributed by atoms with Crippen LogP contribution in [0.25, 0.3) is 0 Å². The standard InChI is InChI=1S/C19H19F3IN3O5/c1-10(9-28)31-26-19(29)13-6-11(8-24-30-5-4-27)16(21)17(22)18(13)25-15-3-2-12(23)7-14(15)20/h2-3,6-8,10,25,27-28H,4-5,9H2,1H3,(H,26,29). The summed E-state index contributed by atoms with van der Waals surface area (Å²) in [5.41, 5.74) is 0.327. The average molecular weight is 553 g/mol.